The van der Waals surface area contributed by atoms with Gasteiger partial charge >= 0.3 is 0 Å². The quantitative estimate of drug-likeness (QED) is 0.457. The summed E-state index contributed by atoms with van der Waals surface area (Å²) in [7, 11) is 0. The van der Waals surface area contributed by atoms with Crippen molar-refractivity contribution in [2.24, 2.45) is 0 Å². The SMILES string of the molecule is OC1CCCCC1.[Cl-].[Cl-].[Cl-].[V]. The Kier molecular flexibility index (Phi) is 29.0. The van der Waals surface area contributed by atoms with Crippen LogP contribution in [-0.2, 0) is 18.6 Å². The number of aliphatic hydroxyl groups is 1. The molecule has 0 saturated heterocycles. The van der Waals surface area contributed by atoms with Gasteiger partial charge in [0.2, 0.25) is 0 Å². The zero-order chi connectivity index (χ0) is 5.11. The molecule has 1 aliphatic carbocycles. The predicted octanol–water partition coefficient (Wildman–Crippen LogP) is -7.68. The molecule has 1 aliphatic rings. The van der Waals surface area contributed by atoms with Crippen molar-refractivity contribution in [3.8, 4) is 0 Å². The minimum atomic E-state index is 0. The predicted molar refractivity (Wildman–Crippen MR) is 29.1 cm³/mol. The van der Waals surface area contributed by atoms with Gasteiger partial charge in [-0.1, -0.05) is 19.3 Å². The normalized spacial score (nSPS) is 16.1. The summed E-state index contributed by atoms with van der Waals surface area (Å²) >= 11 is 0. The van der Waals surface area contributed by atoms with E-state index in [0.29, 0.717) is 0 Å². The van der Waals surface area contributed by atoms with Crippen LogP contribution in [0, 0.1) is 0 Å². The van der Waals surface area contributed by atoms with Crippen LogP contribution in [0.4, 0.5) is 0 Å². The van der Waals surface area contributed by atoms with E-state index in [0.717, 1.165) is 12.8 Å². The Hall–Kier alpha value is 1.41. The molecule has 0 atom stereocenters. The summed E-state index contributed by atoms with van der Waals surface area (Å²) in [5, 5.41) is 8.91. The minimum Gasteiger partial charge on any atom is -1.00 e. The summed E-state index contributed by atoms with van der Waals surface area (Å²) in [6, 6.07) is 0. The van der Waals surface area contributed by atoms with Crippen molar-refractivity contribution in [1.29, 1.82) is 0 Å². The van der Waals surface area contributed by atoms with Crippen molar-refractivity contribution in [2.75, 3.05) is 0 Å². The van der Waals surface area contributed by atoms with E-state index >= 15 is 0 Å². The van der Waals surface area contributed by atoms with Crippen molar-refractivity contribution in [3.05, 3.63) is 0 Å². The number of rotatable bonds is 0. The van der Waals surface area contributed by atoms with Crippen molar-refractivity contribution in [2.45, 2.75) is 38.2 Å². The average molecular weight is 257 g/mol. The third-order valence-corrected chi connectivity index (χ3v) is 1.57. The van der Waals surface area contributed by atoms with E-state index in [9.17, 15) is 0 Å². The van der Waals surface area contributed by atoms with Crippen LogP contribution >= 0.6 is 0 Å². The Bertz CT molecular complexity index is 59.8. The molecule has 1 nitrogen and oxygen atoms in total. The first-order chi connectivity index (χ1) is 3.39. The molecular weight excluding hydrogens is 245 g/mol. The fraction of sp³-hybridized carbons (Fsp3) is 1.00. The molecular formula is C6H12Cl3OV-3. The molecule has 1 fully saturated rings. The molecule has 1 N–H and O–H groups in total. The van der Waals surface area contributed by atoms with E-state index in [2.05, 4.69) is 0 Å². The average Bonchev–Trinajstić information content (AvgIpc) is 1.69. The van der Waals surface area contributed by atoms with Gasteiger partial charge in [-0.05, 0) is 12.8 Å². The molecule has 71 valence electrons. The van der Waals surface area contributed by atoms with Gasteiger partial charge in [0.05, 0.1) is 6.10 Å². The van der Waals surface area contributed by atoms with Gasteiger partial charge in [0, 0.05) is 18.6 Å². The third-order valence-electron chi connectivity index (χ3n) is 1.57. The largest absolute Gasteiger partial charge is 1.00 e. The Morgan fingerprint density at radius 1 is 0.818 bits per heavy atom. The van der Waals surface area contributed by atoms with Gasteiger partial charge in [-0.25, -0.2) is 0 Å². The van der Waals surface area contributed by atoms with Crippen LogP contribution in [0.3, 0.4) is 0 Å². The summed E-state index contributed by atoms with van der Waals surface area (Å²) in [5.74, 6) is 0. The van der Waals surface area contributed by atoms with Gasteiger partial charge in [0.25, 0.3) is 0 Å². The van der Waals surface area contributed by atoms with Crippen molar-refractivity contribution in [3.63, 3.8) is 0 Å². The Balaban J connectivity index is -0.0000000612. The molecule has 0 spiro atoms. The summed E-state index contributed by atoms with van der Waals surface area (Å²) in [5.41, 5.74) is 0. The van der Waals surface area contributed by atoms with E-state index in [1.54, 1.807) is 0 Å². The van der Waals surface area contributed by atoms with Gasteiger partial charge in [-0.15, -0.1) is 0 Å². The summed E-state index contributed by atoms with van der Waals surface area (Å²) in [6.45, 7) is 0. The number of hydrogen-bond acceptors (Lipinski definition) is 1. The van der Waals surface area contributed by atoms with Crippen LogP contribution in [0.2, 0.25) is 0 Å². The van der Waals surface area contributed by atoms with Gasteiger partial charge in [0.1, 0.15) is 0 Å². The van der Waals surface area contributed by atoms with Crippen LogP contribution in [-0.4, -0.2) is 11.2 Å². The van der Waals surface area contributed by atoms with Gasteiger partial charge in [-0.3, -0.25) is 0 Å². The Labute approximate surface area is 98.8 Å². The van der Waals surface area contributed by atoms with Crippen LogP contribution in [0.5, 0.6) is 0 Å². The van der Waals surface area contributed by atoms with Crippen LogP contribution in [0.15, 0.2) is 0 Å². The van der Waals surface area contributed by atoms with Crippen LogP contribution in [0.25, 0.3) is 0 Å². The Morgan fingerprint density at radius 2 is 1.18 bits per heavy atom. The van der Waals surface area contributed by atoms with Gasteiger partial charge in [0.15, 0.2) is 0 Å². The van der Waals surface area contributed by atoms with Crippen molar-refractivity contribution < 1.29 is 60.9 Å². The first-order valence-electron chi connectivity index (χ1n) is 3.07. The minimum absolute atomic E-state index is 0. The molecule has 0 aromatic carbocycles. The third kappa shape index (κ3) is 11.4. The van der Waals surface area contributed by atoms with Crippen molar-refractivity contribution in [1.82, 2.24) is 0 Å². The maximum atomic E-state index is 8.91. The smallest absolute Gasteiger partial charge is 0.0540 e. The maximum Gasteiger partial charge on any atom is 0.0540 e. The molecule has 1 rings (SSSR count). The van der Waals surface area contributed by atoms with Gasteiger partial charge < -0.3 is 42.3 Å². The van der Waals surface area contributed by atoms with E-state index in [-0.39, 0.29) is 61.9 Å². The summed E-state index contributed by atoms with van der Waals surface area (Å²) in [4.78, 5) is 0. The summed E-state index contributed by atoms with van der Waals surface area (Å²) < 4.78 is 0. The van der Waals surface area contributed by atoms with Crippen molar-refractivity contribution >= 4 is 0 Å². The molecule has 0 aliphatic heterocycles. The van der Waals surface area contributed by atoms with Gasteiger partial charge in [-0.2, -0.15) is 0 Å². The fourth-order valence-corrected chi connectivity index (χ4v) is 1.08. The monoisotopic (exact) mass is 256 g/mol. The van der Waals surface area contributed by atoms with Crippen LogP contribution in [0.1, 0.15) is 32.1 Å². The van der Waals surface area contributed by atoms with E-state index < -0.39 is 0 Å². The number of halogens is 3. The fourth-order valence-electron chi connectivity index (χ4n) is 1.08. The molecule has 5 heteroatoms. The molecule has 0 bridgehead atoms. The molecule has 0 aromatic heterocycles. The second-order valence-electron chi connectivity index (χ2n) is 2.29. The molecule has 0 amide bonds. The zero-order valence-corrected chi connectivity index (χ0v) is 9.81. The molecule has 1 saturated carbocycles. The standard InChI is InChI=1S/C6H12O.3ClH.V/c7-6-4-2-1-3-5-6;;;;/h6-7H,1-5H2;3*1H;/p-3. The van der Waals surface area contributed by atoms with E-state index in [1.165, 1.54) is 19.3 Å². The molecule has 0 aromatic rings. The Morgan fingerprint density at radius 3 is 1.36 bits per heavy atom. The number of hydrogen-bond donors (Lipinski definition) is 1. The summed E-state index contributed by atoms with van der Waals surface area (Å²) in [6.07, 6.45) is 5.92. The maximum absolute atomic E-state index is 8.91. The first-order valence-corrected chi connectivity index (χ1v) is 3.07. The molecule has 1 radical (unpaired) electrons. The van der Waals surface area contributed by atoms with E-state index in [4.69, 9.17) is 5.11 Å². The number of aliphatic hydroxyl groups excluding tert-OH is 1. The first kappa shape index (κ1) is 22.8. The zero-order valence-electron chi connectivity index (χ0n) is 6.14. The second kappa shape index (κ2) is 14.0. The second-order valence-corrected chi connectivity index (χ2v) is 2.29. The molecule has 0 unspecified atom stereocenters. The van der Waals surface area contributed by atoms with E-state index in [1.807, 2.05) is 0 Å². The molecule has 0 heterocycles. The van der Waals surface area contributed by atoms with Crippen LogP contribution < -0.4 is 37.2 Å². The topological polar surface area (TPSA) is 20.2 Å². The molecule has 11 heavy (non-hydrogen) atoms.